The normalized spacial score (nSPS) is 10.3. The second-order valence-corrected chi connectivity index (χ2v) is 4.05. The third-order valence-electron chi connectivity index (χ3n) is 1.77. The lowest BCUT2D eigenvalue weighted by Gasteiger charge is -2.04. The number of nitrogens with zero attached hydrogens (tertiary/aromatic N) is 4. The molecule has 2 aromatic rings. The summed E-state index contributed by atoms with van der Waals surface area (Å²) < 4.78 is 13.5. The SMILES string of the molecule is NNc1ncc(F)c(Sc2nc(N)cc(N)n2)n1. The van der Waals surface area contributed by atoms with E-state index >= 15 is 0 Å². The lowest BCUT2D eigenvalue weighted by molar-refractivity contribution is 0.579. The van der Waals surface area contributed by atoms with Gasteiger partial charge < -0.3 is 11.5 Å². The highest BCUT2D eigenvalue weighted by Crippen LogP contribution is 2.26. The van der Waals surface area contributed by atoms with E-state index in [1.807, 2.05) is 0 Å². The predicted molar refractivity (Wildman–Crippen MR) is 64.8 cm³/mol. The maximum Gasteiger partial charge on any atom is 0.238 e. The summed E-state index contributed by atoms with van der Waals surface area (Å²) >= 11 is 0.868. The molecule has 0 bridgehead atoms. The van der Waals surface area contributed by atoms with Crippen LogP contribution in [0.5, 0.6) is 0 Å². The predicted octanol–water partition coefficient (Wildman–Crippen LogP) is 0.00690. The molecular formula is C8H9FN8S. The van der Waals surface area contributed by atoms with E-state index in [1.165, 1.54) is 6.07 Å². The molecule has 18 heavy (non-hydrogen) atoms. The highest BCUT2D eigenvalue weighted by molar-refractivity contribution is 7.99. The topological polar surface area (TPSA) is 142 Å². The van der Waals surface area contributed by atoms with Gasteiger partial charge in [-0.2, -0.15) is 0 Å². The molecule has 8 nitrogen and oxygen atoms in total. The standard InChI is InChI=1S/C8H9FN8S/c9-3-2-13-7(17-12)16-6(3)18-8-14-4(10)1-5(11)15-8/h1-2H,12H2,(H,13,16,17)(H4,10,11,14,15). The molecule has 94 valence electrons. The van der Waals surface area contributed by atoms with Crippen molar-refractivity contribution >= 4 is 29.3 Å². The van der Waals surface area contributed by atoms with E-state index in [1.54, 1.807) is 0 Å². The van der Waals surface area contributed by atoms with E-state index in [9.17, 15) is 4.39 Å². The summed E-state index contributed by atoms with van der Waals surface area (Å²) in [5.74, 6) is 4.97. The first-order valence-electron chi connectivity index (χ1n) is 4.65. The Morgan fingerprint density at radius 3 is 2.44 bits per heavy atom. The highest BCUT2D eigenvalue weighted by atomic mass is 32.2. The zero-order chi connectivity index (χ0) is 13.1. The monoisotopic (exact) mass is 268 g/mol. The van der Waals surface area contributed by atoms with Gasteiger partial charge in [-0.15, -0.1) is 0 Å². The number of nitrogen functional groups attached to an aromatic ring is 3. The van der Waals surface area contributed by atoms with Crippen molar-refractivity contribution < 1.29 is 4.39 Å². The van der Waals surface area contributed by atoms with E-state index in [-0.39, 0.29) is 27.8 Å². The van der Waals surface area contributed by atoms with Gasteiger partial charge >= 0.3 is 0 Å². The summed E-state index contributed by atoms with van der Waals surface area (Å²) in [7, 11) is 0. The van der Waals surface area contributed by atoms with Gasteiger partial charge in [0.05, 0.1) is 6.20 Å². The number of hydrogen-bond acceptors (Lipinski definition) is 9. The molecule has 0 spiro atoms. The van der Waals surface area contributed by atoms with Gasteiger partial charge in [-0.25, -0.2) is 30.2 Å². The van der Waals surface area contributed by atoms with Crippen molar-refractivity contribution in [1.29, 1.82) is 0 Å². The molecule has 2 heterocycles. The Labute approximate surface area is 105 Å². The van der Waals surface area contributed by atoms with E-state index in [2.05, 4.69) is 25.4 Å². The first-order valence-corrected chi connectivity index (χ1v) is 5.47. The molecule has 7 N–H and O–H groups in total. The van der Waals surface area contributed by atoms with Gasteiger partial charge in [0.2, 0.25) is 5.95 Å². The fraction of sp³-hybridized carbons (Fsp3) is 0. The summed E-state index contributed by atoms with van der Waals surface area (Å²) in [5.41, 5.74) is 13.2. The van der Waals surface area contributed by atoms with Gasteiger partial charge in [0, 0.05) is 6.07 Å². The molecule has 0 unspecified atom stereocenters. The lowest BCUT2D eigenvalue weighted by Crippen LogP contribution is -2.11. The Hall–Kier alpha value is -2.20. The molecule has 0 aromatic carbocycles. The third-order valence-corrected chi connectivity index (χ3v) is 2.62. The zero-order valence-electron chi connectivity index (χ0n) is 8.96. The maximum absolute atomic E-state index is 13.5. The highest BCUT2D eigenvalue weighted by Gasteiger charge is 2.11. The average Bonchev–Trinajstić information content (AvgIpc) is 2.30. The Morgan fingerprint density at radius 1 is 1.17 bits per heavy atom. The van der Waals surface area contributed by atoms with Gasteiger partial charge in [-0.1, -0.05) is 0 Å². The van der Waals surface area contributed by atoms with E-state index in [0.29, 0.717) is 0 Å². The smallest absolute Gasteiger partial charge is 0.238 e. The number of anilines is 3. The van der Waals surface area contributed by atoms with E-state index < -0.39 is 5.82 Å². The number of nitrogens with two attached hydrogens (primary N) is 3. The van der Waals surface area contributed by atoms with Crippen LogP contribution in [0.25, 0.3) is 0 Å². The summed E-state index contributed by atoms with van der Waals surface area (Å²) in [4.78, 5) is 15.2. The van der Waals surface area contributed by atoms with Crippen molar-refractivity contribution in [3.8, 4) is 0 Å². The van der Waals surface area contributed by atoms with Crippen molar-refractivity contribution in [1.82, 2.24) is 19.9 Å². The van der Waals surface area contributed by atoms with Crippen LogP contribution in [0.4, 0.5) is 22.0 Å². The summed E-state index contributed by atoms with van der Waals surface area (Å²) in [6, 6.07) is 1.40. The first-order chi connectivity index (χ1) is 8.58. The number of hydrazine groups is 1. The fourth-order valence-corrected chi connectivity index (χ4v) is 1.84. The molecule has 0 aliphatic rings. The molecular weight excluding hydrogens is 259 g/mol. The van der Waals surface area contributed by atoms with Gasteiger partial charge in [0.15, 0.2) is 11.0 Å². The fourth-order valence-electron chi connectivity index (χ4n) is 1.09. The second kappa shape index (κ2) is 4.98. The molecule has 0 saturated carbocycles. The second-order valence-electron chi connectivity index (χ2n) is 3.09. The number of hydrogen-bond donors (Lipinski definition) is 4. The average molecular weight is 268 g/mol. The minimum atomic E-state index is -0.622. The van der Waals surface area contributed by atoms with Crippen LogP contribution in [0.3, 0.4) is 0 Å². The van der Waals surface area contributed by atoms with Gasteiger partial charge in [-0.05, 0) is 11.8 Å². The van der Waals surface area contributed by atoms with Gasteiger partial charge in [0.25, 0.3) is 0 Å². The lowest BCUT2D eigenvalue weighted by atomic mass is 10.5. The van der Waals surface area contributed by atoms with Crippen LogP contribution in [0.2, 0.25) is 0 Å². The molecule has 0 aliphatic heterocycles. The van der Waals surface area contributed by atoms with Crippen molar-refractivity contribution in [2.45, 2.75) is 10.2 Å². The van der Waals surface area contributed by atoms with Crippen LogP contribution < -0.4 is 22.7 Å². The van der Waals surface area contributed by atoms with Crippen molar-refractivity contribution in [3.63, 3.8) is 0 Å². The molecule has 0 amide bonds. The first kappa shape index (κ1) is 12.3. The molecule has 10 heteroatoms. The Kier molecular flexibility index (Phi) is 3.39. The van der Waals surface area contributed by atoms with Crippen LogP contribution >= 0.6 is 11.8 Å². The van der Waals surface area contributed by atoms with Crippen LogP contribution in [-0.2, 0) is 0 Å². The zero-order valence-corrected chi connectivity index (χ0v) is 9.78. The van der Waals surface area contributed by atoms with Crippen molar-refractivity contribution in [2.24, 2.45) is 5.84 Å². The molecule has 0 aliphatic carbocycles. The number of nitrogens with one attached hydrogen (secondary N) is 1. The largest absolute Gasteiger partial charge is 0.383 e. The van der Waals surface area contributed by atoms with Crippen LogP contribution in [0, 0.1) is 5.82 Å². The Balaban J connectivity index is 2.33. The number of aromatic nitrogens is 4. The molecule has 2 rings (SSSR count). The van der Waals surface area contributed by atoms with Gasteiger partial charge in [0.1, 0.15) is 16.7 Å². The van der Waals surface area contributed by atoms with E-state index in [0.717, 1.165) is 18.0 Å². The molecule has 0 radical (unpaired) electrons. The van der Waals surface area contributed by atoms with Crippen LogP contribution in [0.1, 0.15) is 0 Å². The minimum absolute atomic E-state index is 0.0166. The summed E-state index contributed by atoms with van der Waals surface area (Å²) in [6.45, 7) is 0. The van der Waals surface area contributed by atoms with Crippen LogP contribution in [-0.4, -0.2) is 19.9 Å². The van der Waals surface area contributed by atoms with Crippen molar-refractivity contribution in [2.75, 3.05) is 16.9 Å². The molecule has 0 saturated heterocycles. The van der Waals surface area contributed by atoms with Crippen LogP contribution in [0.15, 0.2) is 22.4 Å². The van der Waals surface area contributed by atoms with Crippen molar-refractivity contribution in [3.05, 3.63) is 18.1 Å². The molecule has 0 fully saturated rings. The quantitative estimate of drug-likeness (QED) is 0.262. The summed E-state index contributed by atoms with van der Waals surface area (Å²) in [5, 5.41) is 0.205. The molecule has 2 aromatic heterocycles. The number of halogens is 1. The minimum Gasteiger partial charge on any atom is -0.383 e. The molecule has 0 atom stereocenters. The Morgan fingerprint density at radius 2 is 1.83 bits per heavy atom. The Bertz CT molecular complexity index is 557. The maximum atomic E-state index is 13.5. The van der Waals surface area contributed by atoms with E-state index in [4.69, 9.17) is 17.3 Å². The summed E-state index contributed by atoms with van der Waals surface area (Å²) in [6.07, 6.45) is 0.986. The number of rotatable bonds is 3. The third kappa shape index (κ3) is 2.73. The van der Waals surface area contributed by atoms with Gasteiger partial charge in [-0.3, -0.25) is 5.43 Å².